The van der Waals surface area contributed by atoms with E-state index in [-0.39, 0.29) is 5.91 Å². The van der Waals surface area contributed by atoms with Gasteiger partial charge in [-0.05, 0) is 72.3 Å². The van der Waals surface area contributed by atoms with E-state index in [4.69, 9.17) is 4.74 Å². The smallest absolute Gasteiger partial charge is 0.227 e. The molecule has 0 saturated carbocycles. The van der Waals surface area contributed by atoms with Crippen molar-refractivity contribution in [3.05, 3.63) is 84.2 Å². The van der Waals surface area contributed by atoms with Crippen molar-refractivity contribution in [1.82, 2.24) is 15.2 Å². The molecular formula is C27H31N3O2. The molecule has 1 saturated heterocycles. The molecule has 3 aromatic rings. The van der Waals surface area contributed by atoms with Gasteiger partial charge in [0, 0.05) is 32.5 Å². The first-order chi connectivity index (χ1) is 15.6. The second kappa shape index (κ2) is 9.96. The van der Waals surface area contributed by atoms with Crippen LogP contribution in [0.3, 0.4) is 0 Å². The van der Waals surface area contributed by atoms with Crippen LogP contribution in [0.25, 0.3) is 11.1 Å². The second-order valence-electron chi connectivity index (χ2n) is 8.63. The number of nitrogens with zero attached hydrogens (tertiary/aromatic N) is 2. The van der Waals surface area contributed by atoms with Crippen LogP contribution in [0.1, 0.15) is 24.0 Å². The third kappa shape index (κ3) is 5.00. The Morgan fingerprint density at radius 2 is 1.66 bits per heavy atom. The van der Waals surface area contributed by atoms with E-state index >= 15 is 0 Å². The molecule has 1 fully saturated rings. The molecule has 166 valence electrons. The van der Waals surface area contributed by atoms with Crippen molar-refractivity contribution in [1.29, 1.82) is 0 Å². The maximum Gasteiger partial charge on any atom is 0.227 e. The molecule has 1 aromatic heterocycles. The molecule has 1 aliphatic heterocycles. The van der Waals surface area contributed by atoms with Crippen molar-refractivity contribution in [3.63, 3.8) is 0 Å². The lowest BCUT2D eigenvalue weighted by Gasteiger charge is -2.41. The number of ether oxygens (including phenoxy) is 1. The van der Waals surface area contributed by atoms with Gasteiger partial charge in [0.25, 0.3) is 0 Å². The van der Waals surface area contributed by atoms with Gasteiger partial charge in [-0.25, -0.2) is 0 Å². The predicted molar refractivity (Wildman–Crippen MR) is 127 cm³/mol. The zero-order valence-corrected chi connectivity index (χ0v) is 18.9. The molecule has 2 aromatic carbocycles. The van der Waals surface area contributed by atoms with Crippen LogP contribution >= 0.6 is 0 Å². The number of hydrogen-bond donors (Lipinski definition) is 1. The van der Waals surface area contributed by atoms with Crippen LogP contribution < -0.4 is 10.1 Å². The summed E-state index contributed by atoms with van der Waals surface area (Å²) >= 11 is 0. The summed E-state index contributed by atoms with van der Waals surface area (Å²) < 4.78 is 5.27. The number of benzene rings is 2. The van der Waals surface area contributed by atoms with Crippen LogP contribution in [0.5, 0.6) is 5.75 Å². The number of piperidine rings is 1. The number of amides is 1. The van der Waals surface area contributed by atoms with Gasteiger partial charge >= 0.3 is 0 Å². The van der Waals surface area contributed by atoms with E-state index in [1.54, 1.807) is 14.2 Å². The van der Waals surface area contributed by atoms with Crippen molar-refractivity contribution < 1.29 is 9.53 Å². The SMILES string of the molecule is CNC(=O)C1(Cc2ccc(-c3ccncc3)cc2)CCCN(Cc2ccc(OC)cc2)C1. The minimum atomic E-state index is -0.419. The molecule has 1 N–H and O–H groups in total. The van der Waals surface area contributed by atoms with E-state index in [1.165, 1.54) is 11.1 Å². The Bertz CT molecular complexity index is 1020. The van der Waals surface area contributed by atoms with Crippen LogP contribution in [-0.2, 0) is 17.8 Å². The molecule has 4 rings (SSSR count). The fourth-order valence-corrected chi connectivity index (χ4v) is 4.78. The molecule has 1 atom stereocenters. The predicted octanol–water partition coefficient (Wildman–Crippen LogP) is 4.33. The van der Waals surface area contributed by atoms with Gasteiger partial charge in [0.05, 0.1) is 12.5 Å². The van der Waals surface area contributed by atoms with Crippen molar-refractivity contribution in [2.24, 2.45) is 5.41 Å². The first kappa shape index (κ1) is 22.0. The van der Waals surface area contributed by atoms with Crippen molar-refractivity contribution >= 4 is 5.91 Å². The average Bonchev–Trinajstić information content (AvgIpc) is 2.85. The molecule has 1 amide bonds. The Hall–Kier alpha value is -3.18. The van der Waals surface area contributed by atoms with Crippen LogP contribution in [0.2, 0.25) is 0 Å². The van der Waals surface area contributed by atoms with E-state index in [2.05, 4.69) is 51.6 Å². The average molecular weight is 430 g/mol. The Labute approximate surface area is 190 Å². The molecule has 2 heterocycles. The highest BCUT2D eigenvalue weighted by Gasteiger charge is 2.41. The minimum absolute atomic E-state index is 0.134. The number of aromatic nitrogens is 1. The minimum Gasteiger partial charge on any atom is -0.497 e. The molecule has 0 aliphatic carbocycles. The summed E-state index contributed by atoms with van der Waals surface area (Å²) in [5.74, 6) is 0.998. The van der Waals surface area contributed by atoms with Gasteiger partial charge in [-0.1, -0.05) is 36.4 Å². The monoisotopic (exact) mass is 429 g/mol. The summed E-state index contributed by atoms with van der Waals surface area (Å²) in [7, 11) is 3.43. The summed E-state index contributed by atoms with van der Waals surface area (Å²) in [5, 5.41) is 2.94. The number of carbonyl (C=O) groups is 1. The fraction of sp³-hybridized carbons (Fsp3) is 0.333. The summed E-state index contributed by atoms with van der Waals surface area (Å²) in [4.78, 5) is 19.6. The molecule has 0 radical (unpaired) electrons. The first-order valence-electron chi connectivity index (χ1n) is 11.2. The van der Waals surface area contributed by atoms with E-state index in [0.29, 0.717) is 0 Å². The largest absolute Gasteiger partial charge is 0.497 e. The van der Waals surface area contributed by atoms with Crippen molar-refractivity contribution in [3.8, 4) is 16.9 Å². The lowest BCUT2D eigenvalue weighted by atomic mass is 9.74. The zero-order chi connectivity index (χ0) is 22.4. The zero-order valence-electron chi connectivity index (χ0n) is 18.9. The van der Waals surface area contributed by atoms with Gasteiger partial charge in [0.2, 0.25) is 5.91 Å². The third-order valence-electron chi connectivity index (χ3n) is 6.44. The number of carbonyl (C=O) groups excluding carboxylic acids is 1. The van der Waals surface area contributed by atoms with Crippen molar-refractivity contribution in [2.45, 2.75) is 25.8 Å². The molecule has 32 heavy (non-hydrogen) atoms. The maximum atomic E-state index is 13.1. The molecule has 0 spiro atoms. The normalized spacial score (nSPS) is 18.8. The highest BCUT2D eigenvalue weighted by Crippen LogP contribution is 2.35. The molecule has 1 aliphatic rings. The third-order valence-corrected chi connectivity index (χ3v) is 6.44. The molecule has 5 nitrogen and oxygen atoms in total. The molecule has 0 bridgehead atoms. The first-order valence-corrected chi connectivity index (χ1v) is 11.2. The summed E-state index contributed by atoms with van der Waals surface area (Å²) in [6.07, 6.45) is 6.27. The van der Waals surface area contributed by atoms with Gasteiger partial charge in [-0.15, -0.1) is 0 Å². The maximum absolute atomic E-state index is 13.1. The quantitative estimate of drug-likeness (QED) is 0.607. The van der Waals surface area contributed by atoms with Crippen LogP contribution in [-0.4, -0.2) is 43.0 Å². The Balaban J connectivity index is 1.50. The highest BCUT2D eigenvalue weighted by atomic mass is 16.5. The molecule has 1 unspecified atom stereocenters. The topological polar surface area (TPSA) is 54.5 Å². The van der Waals surface area contributed by atoms with Gasteiger partial charge in [-0.2, -0.15) is 0 Å². The summed E-state index contributed by atoms with van der Waals surface area (Å²) in [5.41, 5.74) is 4.32. The van der Waals surface area contributed by atoms with Gasteiger partial charge in [0.15, 0.2) is 0 Å². The second-order valence-corrected chi connectivity index (χ2v) is 8.63. The number of hydrogen-bond acceptors (Lipinski definition) is 4. The number of pyridine rings is 1. The van der Waals surface area contributed by atoms with Crippen LogP contribution in [0.4, 0.5) is 0 Å². The standard InChI is InChI=1S/C27H31N3O2/c1-28-26(31)27(18-21-4-8-23(9-5-21)24-12-15-29-16-13-24)14-3-17-30(20-27)19-22-6-10-25(32-2)11-7-22/h4-13,15-16H,3,14,17-20H2,1-2H3,(H,28,31). The van der Waals surface area contributed by atoms with E-state index < -0.39 is 5.41 Å². The Kier molecular flexibility index (Phi) is 6.86. The Morgan fingerprint density at radius 3 is 2.31 bits per heavy atom. The fourth-order valence-electron chi connectivity index (χ4n) is 4.78. The lowest BCUT2D eigenvalue weighted by Crippen LogP contribution is -2.52. The van der Waals surface area contributed by atoms with Crippen LogP contribution in [0, 0.1) is 5.41 Å². The number of rotatable bonds is 7. The van der Waals surface area contributed by atoms with E-state index in [1.807, 2.05) is 36.7 Å². The van der Waals surface area contributed by atoms with E-state index in [0.717, 1.165) is 55.8 Å². The van der Waals surface area contributed by atoms with Gasteiger partial charge in [0.1, 0.15) is 5.75 Å². The number of likely N-dealkylation sites (tertiary alicyclic amines) is 1. The van der Waals surface area contributed by atoms with Crippen LogP contribution in [0.15, 0.2) is 73.1 Å². The van der Waals surface area contributed by atoms with Gasteiger partial charge < -0.3 is 10.1 Å². The number of nitrogens with one attached hydrogen (secondary N) is 1. The highest BCUT2D eigenvalue weighted by molar-refractivity contribution is 5.83. The van der Waals surface area contributed by atoms with Gasteiger partial charge in [-0.3, -0.25) is 14.7 Å². The lowest BCUT2D eigenvalue weighted by molar-refractivity contribution is -0.134. The molecular weight excluding hydrogens is 398 g/mol. The Morgan fingerprint density at radius 1 is 1.00 bits per heavy atom. The number of methoxy groups -OCH3 is 1. The summed E-state index contributed by atoms with van der Waals surface area (Å²) in [6.45, 7) is 2.60. The summed E-state index contributed by atoms with van der Waals surface area (Å²) in [6, 6.07) is 20.8. The van der Waals surface area contributed by atoms with E-state index in [9.17, 15) is 4.79 Å². The molecule has 5 heteroatoms. The van der Waals surface area contributed by atoms with Crippen molar-refractivity contribution in [2.75, 3.05) is 27.2 Å².